The lowest BCUT2D eigenvalue weighted by Crippen LogP contribution is -2.13. The van der Waals surface area contributed by atoms with Crippen molar-refractivity contribution in [3.8, 4) is 11.8 Å². The molecule has 0 unspecified atom stereocenters. The predicted molar refractivity (Wildman–Crippen MR) is 102 cm³/mol. The van der Waals surface area contributed by atoms with Gasteiger partial charge in [0.25, 0.3) is 0 Å². The number of hydrogen-bond acceptors (Lipinski definition) is 2. The second kappa shape index (κ2) is 7.05. The van der Waals surface area contributed by atoms with Gasteiger partial charge in [-0.15, -0.1) is 0 Å². The van der Waals surface area contributed by atoms with E-state index in [4.69, 9.17) is 0 Å². The van der Waals surface area contributed by atoms with E-state index in [1.807, 2.05) is 48.5 Å². The quantitative estimate of drug-likeness (QED) is 0.829. The van der Waals surface area contributed by atoms with E-state index >= 15 is 0 Å². The van der Waals surface area contributed by atoms with Gasteiger partial charge in [-0.2, -0.15) is 0 Å². The first-order valence-electron chi connectivity index (χ1n) is 9.01. The zero-order chi connectivity index (χ0) is 17.9. The molecule has 4 nitrogen and oxygen atoms in total. The summed E-state index contributed by atoms with van der Waals surface area (Å²) in [5.74, 6) is 6.85. The van der Waals surface area contributed by atoms with E-state index in [9.17, 15) is 9.59 Å². The Labute approximate surface area is 153 Å². The molecular formula is C22H20N2O2. The van der Waals surface area contributed by atoms with Crippen molar-refractivity contribution >= 4 is 23.2 Å². The fraction of sp³-hybridized carbons (Fsp3) is 0.273. The fourth-order valence-corrected chi connectivity index (χ4v) is 2.60. The van der Waals surface area contributed by atoms with Crippen LogP contribution in [0.3, 0.4) is 0 Å². The van der Waals surface area contributed by atoms with E-state index in [1.54, 1.807) is 0 Å². The third-order valence-electron chi connectivity index (χ3n) is 4.55. The normalized spacial score (nSPS) is 15.5. The zero-order valence-electron chi connectivity index (χ0n) is 14.4. The molecule has 2 aromatic carbocycles. The molecule has 0 saturated heterocycles. The lowest BCUT2D eigenvalue weighted by atomic mass is 10.1. The molecule has 0 aliphatic heterocycles. The van der Waals surface area contributed by atoms with Crippen LogP contribution in [0.15, 0.2) is 48.5 Å². The Bertz CT molecular complexity index is 807. The summed E-state index contributed by atoms with van der Waals surface area (Å²) < 4.78 is 0. The predicted octanol–water partition coefficient (Wildman–Crippen LogP) is 3.78. The number of carbonyl (C=O) groups is 2. The minimum absolute atomic E-state index is 0.109. The van der Waals surface area contributed by atoms with E-state index in [2.05, 4.69) is 22.5 Å². The average molecular weight is 344 g/mol. The lowest BCUT2D eigenvalue weighted by molar-refractivity contribution is -0.118. The summed E-state index contributed by atoms with van der Waals surface area (Å²) in [6.45, 7) is 0. The van der Waals surface area contributed by atoms with Crippen LogP contribution in [-0.2, 0) is 9.59 Å². The van der Waals surface area contributed by atoms with E-state index in [0.717, 1.165) is 48.2 Å². The summed E-state index contributed by atoms with van der Waals surface area (Å²) in [6, 6.07) is 15.1. The molecule has 0 aromatic heterocycles. The number of nitrogens with one attached hydrogen (secondary N) is 2. The second-order valence-corrected chi connectivity index (χ2v) is 6.93. The first kappa shape index (κ1) is 16.4. The Morgan fingerprint density at radius 1 is 0.654 bits per heavy atom. The van der Waals surface area contributed by atoms with Gasteiger partial charge in [-0.3, -0.25) is 9.59 Å². The molecular weight excluding hydrogens is 324 g/mol. The molecule has 4 rings (SSSR count). The van der Waals surface area contributed by atoms with E-state index < -0.39 is 0 Å². The van der Waals surface area contributed by atoms with Gasteiger partial charge in [0.2, 0.25) is 11.8 Å². The Balaban J connectivity index is 1.35. The van der Waals surface area contributed by atoms with Crippen molar-refractivity contribution in [3.63, 3.8) is 0 Å². The first-order chi connectivity index (χ1) is 12.7. The van der Waals surface area contributed by atoms with E-state index in [1.165, 1.54) is 0 Å². The van der Waals surface area contributed by atoms with Gasteiger partial charge < -0.3 is 10.6 Å². The van der Waals surface area contributed by atoms with Crippen molar-refractivity contribution in [3.05, 3.63) is 59.7 Å². The standard InChI is InChI=1S/C22H20N2O2/c25-21(17-7-8-17)23-19-11-3-15(4-12-19)1-2-16-5-13-20(14-6-16)24-22(26)18-9-10-18/h3-6,11-14,17-18H,7-10H2,(H,23,25)(H,24,26). The molecule has 0 radical (unpaired) electrons. The van der Waals surface area contributed by atoms with Gasteiger partial charge in [0, 0.05) is 34.3 Å². The molecule has 2 amide bonds. The Hall–Kier alpha value is -3.06. The number of hydrogen-bond donors (Lipinski definition) is 2. The van der Waals surface area contributed by atoms with Crippen LogP contribution < -0.4 is 10.6 Å². The molecule has 130 valence electrons. The number of amides is 2. The number of benzene rings is 2. The van der Waals surface area contributed by atoms with Crippen LogP contribution in [0, 0.1) is 23.7 Å². The van der Waals surface area contributed by atoms with Gasteiger partial charge in [0.15, 0.2) is 0 Å². The largest absolute Gasteiger partial charge is 0.326 e. The lowest BCUT2D eigenvalue weighted by Gasteiger charge is -2.04. The highest BCUT2D eigenvalue weighted by molar-refractivity contribution is 5.94. The van der Waals surface area contributed by atoms with Crippen molar-refractivity contribution in [1.29, 1.82) is 0 Å². The molecule has 2 aromatic rings. The van der Waals surface area contributed by atoms with Crippen molar-refractivity contribution in [2.24, 2.45) is 11.8 Å². The van der Waals surface area contributed by atoms with Crippen molar-refractivity contribution < 1.29 is 9.59 Å². The third-order valence-corrected chi connectivity index (χ3v) is 4.55. The summed E-state index contributed by atoms with van der Waals surface area (Å²) in [6.07, 6.45) is 3.99. The maximum Gasteiger partial charge on any atom is 0.227 e. The maximum absolute atomic E-state index is 11.7. The van der Waals surface area contributed by atoms with Crippen LogP contribution >= 0.6 is 0 Å². The van der Waals surface area contributed by atoms with Gasteiger partial charge >= 0.3 is 0 Å². The number of carbonyl (C=O) groups excluding carboxylic acids is 2. The van der Waals surface area contributed by atoms with Crippen LogP contribution in [-0.4, -0.2) is 11.8 Å². The Kier molecular flexibility index (Phi) is 4.45. The van der Waals surface area contributed by atoms with Crippen LogP contribution in [0.25, 0.3) is 0 Å². The molecule has 2 saturated carbocycles. The van der Waals surface area contributed by atoms with Crippen LogP contribution in [0.1, 0.15) is 36.8 Å². The number of anilines is 2. The summed E-state index contributed by atoms with van der Waals surface area (Å²) in [5.41, 5.74) is 3.40. The summed E-state index contributed by atoms with van der Waals surface area (Å²) in [4.78, 5) is 23.5. The SMILES string of the molecule is O=C(Nc1ccc(C#Cc2ccc(NC(=O)C3CC3)cc2)cc1)C1CC1. The minimum atomic E-state index is 0.109. The van der Waals surface area contributed by atoms with Gasteiger partial charge in [0.05, 0.1) is 0 Å². The van der Waals surface area contributed by atoms with Gasteiger partial charge in [0.1, 0.15) is 0 Å². The molecule has 2 N–H and O–H groups in total. The monoisotopic (exact) mass is 344 g/mol. The van der Waals surface area contributed by atoms with Gasteiger partial charge in [-0.1, -0.05) is 11.8 Å². The average Bonchev–Trinajstić information content (AvgIpc) is 3.54. The highest BCUT2D eigenvalue weighted by Crippen LogP contribution is 2.30. The van der Waals surface area contributed by atoms with Crippen molar-refractivity contribution in [1.82, 2.24) is 0 Å². The minimum Gasteiger partial charge on any atom is -0.326 e. The van der Waals surface area contributed by atoms with Gasteiger partial charge in [-0.05, 0) is 74.2 Å². The van der Waals surface area contributed by atoms with Crippen LogP contribution in [0.2, 0.25) is 0 Å². The molecule has 2 aliphatic rings. The molecule has 0 spiro atoms. The van der Waals surface area contributed by atoms with Crippen LogP contribution in [0.4, 0.5) is 11.4 Å². The topological polar surface area (TPSA) is 58.2 Å². The van der Waals surface area contributed by atoms with Gasteiger partial charge in [-0.25, -0.2) is 0 Å². The Morgan fingerprint density at radius 2 is 1.00 bits per heavy atom. The highest BCUT2D eigenvalue weighted by Gasteiger charge is 2.30. The molecule has 0 heterocycles. The number of rotatable bonds is 4. The second-order valence-electron chi connectivity index (χ2n) is 6.93. The summed E-state index contributed by atoms with van der Waals surface area (Å²) in [5, 5.41) is 5.83. The molecule has 0 bridgehead atoms. The summed E-state index contributed by atoms with van der Waals surface area (Å²) in [7, 11) is 0. The molecule has 4 heteroatoms. The maximum atomic E-state index is 11.7. The van der Waals surface area contributed by atoms with Crippen molar-refractivity contribution in [2.75, 3.05) is 10.6 Å². The smallest absolute Gasteiger partial charge is 0.227 e. The molecule has 26 heavy (non-hydrogen) atoms. The van der Waals surface area contributed by atoms with Crippen molar-refractivity contribution in [2.45, 2.75) is 25.7 Å². The molecule has 2 aliphatic carbocycles. The third kappa shape index (κ3) is 4.31. The zero-order valence-corrected chi connectivity index (χ0v) is 14.4. The summed E-state index contributed by atoms with van der Waals surface area (Å²) >= 11 is 0. The van der Waals surface area contributed by atoms with E-state index in [-0.39, 0.29) is 23.7 Å². The molecule has 2 fully saturated rings. The first-order valence-corrected chi connectivity index (χ1v) is 9.01. The van der Waals surface area contributed by atoms with Crippen LogP contribution in [0.5, 0.6) is 0 Å². The highest BCUT2D eigenvalue weighted by atomic mass is 16.2. The van der Waals surface area contributed by atoms with E-state index in [0.29, 0.717) is 0 Å². The molecule has 0 atom stereocenters. The fourth-order valence-electron chi connectivity index (χ4n) is 2.60. The Morgan fingerprint density at radius 3 is 1.31 bits per heavy atom.